The Labute approximate surface area is 82.0 Å². The SMILES string of the molecule is O=C(O)[C@H]1CNC[C@H]1c1cccnc1. The molecule has 2 rings (SSSR count). The second-order valence-electron chi connectivity index (χ2n) is 3.50. The fraction of sp³-hybridized carbons (Fsp3) is 0.400. The van der Waals surface area contributed by atoms with Crippen LogP contribution in [-0.4, -0.2) is 29.1 Å². The van der Waals surface area contributed by atoms with Gasteiger partial charge in [0.05, 0.1) is 5.92 Å². The summed E-state index contributed by atoms with van der Waals surface area (Å²) in [6, 6.07) is 3.77. The van der Waals surface area contributed by atoms with Gasteiger partial charge in [-0.3, -0.25) is 9.78 Å². The Balaban J connectivity index is 2.22. The van der Waals surface area contributed by atoms with Crippen molar-refractivity contribution < 1.29 is 9.90 Å². The summed E-state index contributed by atoms with van der Waals surface area (Å²) in [5, 5.41) is 12.1. The summed E-state index contributed by atoms with van der Waals surface area (Å²) in [4.78, 5) is 14.9. The molecule has 0 spiro atoms. The third-order valence-electron chi connectivity index (χ3n) is 2.64. The second kappa shape index (κ2) is 3.75. The van der Waals surface area contributed by atoms with Crippen LogP contribution >= 0.6 is 0 Å². The fourth-order valence-electron chi connectivity index (χ4n) is 1.88. The molecule has 1 aromatic rings. The van der Waals surface area contributed by atoms with E-state index in [-0.39, 0.29) is 11.8 Å². The Morgan fingerprint density at radius 2 is 2.43 bits per heavy atom. The molecular weight excluding hydrogens is 180 g/mol. The van der Waals surface area contributed by atoms with E-state index in [1.54, 1.807) is 12.4 Å². The van der Waals surface area contributed by atoms with Gasteiger partial charge in [0.1, 0.15) is 0 Å². The third kappa shape index (κ3) is 1.61. The Bertz CT molecular complexity index is 326. The van der Waals surface area contributed by atoms with Crippen LogP contribution in [0.3, 0.4) is 0 Å². The quantitative estimate of drug-likeness (QED) is 0.715. The Morgan fingerprint density at radius 1 is 1.57 bits per heavy atom. The fourth-order valence-corrected chi connectivity index (χ4v) is 1.88. The van der Waals surface area contributed by atoms with Crippen molar-refractivity contribution in [1.82, 2.24) is 10.3 Å². The predicted octanol–water partition coefficient (Wildman–Crippen LogP) is 0.469. The van der Waals surface area contributed by atoms with Crippen LogP contribution in [0.5, 0.6) is 0 Å². The van der Waals surface area contributed by atoms with Crippen molar-refractivity contribution >= 4 is 5.97 Å². The number of carboxylic acids is 1. The van der Waals surface area contributed by atoms with Crippen LogP contribution in [0.1, 0.15) is 11.5 Å². The van der Waals surface area contributed by atoms with Gasteiger partial charge in [-0.15, -0.1) is 0 Å². The van der Waals surface area contributed by atoms with Gasteiger partial charge in [0.2, 0.25) is 0 Å². The molecule has 14 heavy (non-hydrogen) atoms. The molecule has 1 aromatic heterocycles. The number of rotatable bonds is 2. The lowest BCUT2D eigenvalue weighted by Gasteiger charge is -2.13. The second-order valence-corrected chi connectivity index (χ2v) is 3.50. The molecule has 4 nitrogen and oxygen atoms in total. The lowest BCUT2D eigenvalue weighted by atomic mass is 9.90. The van der Waals surface area contributed by atoms with E-state index in [9.17, 15) is 4.79 Å². The minimum Gasteiger partial charge on any atom is -0.481 e. The van der Waals surface area contributed by atoms with E-state index in [1.807, 2.05) is 12.1 Å². The zero-order valence-corrected chi connectivity index (χ0v) is 7.68. The summed E-state index contributed by atoms with van der Waals surface area (Å²) in [7, 11) is 0. The van der Waals surface area contributed by atoms with Gasteiger partial charge < -0.3 is 10.4 Å². The van der Waals surface area contributed by atoms with Crippen LogP contribution in [0.25, 0.3) is 0 Å². The number of pyridine rings is 1. The van der Waals surface area contributed by atoms with E-state index in [0.29, 0.717) is 6.54 Å². The molecule has 1 aliphatic rings. The van der Waals surface area contributed by atoms with Crippen LogP contribution in [0.4, 0.5) is 0 Å². The number of hydrogen-bond acceptors (Lipinski definition) is 3. The highest BCUT2D eigenvalue weighted by Crippen LogP contribution is 2.27. The van der Waals surface area contributed by atoms with E-state index in [1.165, 1.54) is 0 Å². The zero-order chi connectivity index (χ0) is 9.97. The van der Waals surface area contributed by atoms with Crippen LogP contribution in [0.2, 0.25) is 0 Å². The molecule has 2 N–H and O–H groups in total. The smallest absolute Gasteiger partial charge is 0.308 e. The van der Waals surface area contributed by atoms with E-state index < -0.39 is 5.97 Å². The maximum Gasteiger partial charge on any atom is 0.308 e. The molecule has 0 unspecified atom stereocenters. The summed E-state index contributed by atoms with van der Waals surface area (Å²) in [6.07, 6.45) is 3.44. The normalized spacial score (nSPS) is 26.3. The third-order valence-corrected chi connectivity index (χ3v) is 2.64. The van der Waals surface area contributed by atoms with Crippen LogP contribution in [-0.2, 0) is 4.79 Å². The van der Waals surface area contributed by atoms with Crippen LogP contribution in [0, 0.1) is 5.92 Å². The van der Waals surface area contributed by atoms with Crippen molar-refractivity contribution in [1.29, 1.82) is 0 Å². The predicted molar refractivity (Wildman–Crippen MR) is 51.0 cm³/mol. The van der Waals surface area contributed by atoms with Gasteiger partial charge in [-0.05, 0) is 11.6 Å². The van der Waals surface area contributed by atoms with Gasteiger partial charge in [0, 0.05) is 31.4 Å². The lowest BCUT2D eigenvalue weighted by Crippen LogP contribution is -2.21. The summed E-state index contributed by atoms with van der Waals surface area (Å²) in [5.41, 5.74) is 1.00. The number of aliphatic carboxylic acids is 1. The summed E-state index contributed by atoms with van der Waals surface area (Å²) in [5.74, 6) is -0.996. The number of nitrogens with one attached hydrogen (secondary N) is 1. The molecule has 0 aromatic carbocycles. The van der Waals surface area contributed by atoms with Crippen molar-refractivity contribution in [2.24, 2.45) is 5.92 Å². The molecule has 1 fully saturated rings. The minimum absolute atomic E-state index is 0.0567. The van der Waals surface area contributed by atoms with Crippen LogP contribution < -0.4 is 5.32 Å². The number of hydrogen-bond donors (Lipinski definition) is 2. The highest BCUT2D eigenvalue weighted by molar-refractivity contribution is 5.72. The largest absolute Gasteiger partial charge is 0.481 e. The van der Waals surface area contributed by atoms with Crippen molar-refractivity contribution in [3.05, 3.63) is 30.1 Å². The lowest BCUT2D eigenvalue weighted by molar-refractivity contribution is -0.141. The Morgan fingerprint density at radius 3 is 3.07 bits per heavy atom. The maximum absolute atomic E-state index is 10.9. The molecule has 0 amide bonds. The number of nitrogens with zero attached hydrogens (tertiary/aromatic N) is 1. The minimum atomic E-state index is -0.733. The molecule has 0 bridgehead atoms. The molecule has 1 saturated heterocycles. The number of aromatic nitrogens is 1. The van der Waals surface area contributed by atoms with Crippen molar-refractivity contribution in [3.8, 4) is 0 Å². The molecular formula is C10H12N2O2. The van der Waals surface area contributed by atoms with Gasteiger partial charge in [-0.2, -0.15) is 0 Å². The van der Waals surface area contributed by atoms with E-state index >= 15 is 0 Å². The average molecular weight is 192 g/mol. The first-order valence-corrected chi connectivity index (χ1v) is 4.62. The van der Waals surface area contributed by atoms with E-state index in [0.717, 1.165) is 12.1 Å². The van der Waals surface area contributed by atoms with Gasteiger partial charge in [0.25, 0.3) is 0 Å². The zero-order valence-electron chi connectivity index (χ0n) is 7.68. The Kier molecular flexibility index (Phi) is 2.45. The van der Waals surface area contributed by atoms with Crippen molar-refractivity contribution in [2.45, 2.75) is 5.92 Å². The highest BCUT2D eigenvalue weighted by atomic mass is 16.4. The van der Waals surface area contributed by atoms with E-state index in [2.05, 4.69) is 10.3 Å². The summed E-state index contributed by atoms with van der Waals surface area (Å²) in [6.45, 7) is 1.28. The van der Waals surface area contributed by atoms with Gasteiger partial charge in [-0.1, -0.05) is 6.07 Å². The Hall–Kier alpha value is -1.42. The average Bonchev–Trinajstić information content (AvgIpc) is 2.67. The number of carbonyl (C=O) groups is 1. The molecule has 74 valence electrons. The summed E-state index contributed by atoms with van der Waals surface area (Å²) >= 11 is 0. The first kappa shape index (κ1) is 9.15. The maximum atomic E-state index is 10.9. The standard InChI is InChI=1S/C10H12N2O2/c13-10(14)9-6-12-5-8(9)7-2-1-3-11-4-7/h1-4,8-9,12H,5-6H2,(H,13,14)/t8-,9-/m0/s1. The first-order chi connectivity index (χ1) is 6.79. The van der Waals surface area contributed by atoms with Crippen molar-refractivity contribution in [3.63, 3.8) is 0 Å². The van der Waals surface area contributed by atoms with Crippen LogP contribution in [0.15, 0.2) is 24.5 Å². The van der Waals surface area contributed by atoms with Gasteiger partial charge >= 0.3 is 5.97 Å². The topological polar surface area (TPSA) is 62.2 Å². The molecule has 0 aliphatic carbocycles. The first-order valence-electron chi connectivity index (χ1n) is 4.62. The highest BCUT2D eigenvalue weighted by Gasteiger charge is 2.33. The molecule has 0 saturated carbocycles. The van der Waals surface area contributed by atoms with Gasteiger partial charge in [-0.25, -0.2) is 0 Å². The molecule has 2 heterocycles. The molecule has 0 radical (unpaired) electrons. The molecule has 1 aliphatic heterocycles. The molecule has 2 atom stereocenters. The van der Waals surface area contributed by atoms with Crippen molar-refractivity contribution in [2.75, 3.05) is 13.1 Å². The molecule has 4 heteroatoms. The van der Waals surface area contributed by atoms with Gasteiger partial charge in [0.15, 0.2) is 0 Å². The number of carboxylic acid groups (broad SMARTS) is 1. The monoisotopic (exact) mass is 192 g/mol. The van der Waals surface area contributed by atoms with E-state index in [4.69, 9.17) is 5.11 Å². The summed E-state index contributed by atoms with van der Waals surface area (Å²) < 4.78 is 0.